The Balaban J connectivity index is 1.35. The molecule has 0 unspecified atom stereocenters. The molecule has 3 heterocycles. The van der Waals surface area contributed by atoms with Crippen molar-refractivity contribution in [2.45, 2.75) is 13.0 Å². The van der Waals surface area contributed by atoms with Crippen LogP contribution in [0.1, 0.15) is 22.3 Å². The predicted molar refractivity (Wildman–Crippen MR) is 110 cm³/mol. The van der Waals surface area contributed by atoms with Crippen LogP contribution >= 0.6 is 0 Å². The molecule has 0 radical (unpaired) electrons. The summed E-state index contributed by atoms with van der Waals surface area (Å²) < 4.78 is 7.04. The van der Waals surface area contributed by atoms with Gasteiger partial charge >= 0.3 is 0 Å². The zero-order valence-corrected chi connectivity index (χ0v) is 16.6. The number of carbonyl (C=O) groups is 1. The molecule has 2 aromatic heterocycles. The van der Waals surface area contributed by atoms with E-state index >= 15 is 0 Å². The second kappa shape index (κ2) is 8.87. The minimum Gasteiger partial charge on any atom is -0.497 e. The van der Waals surface area contributed by atoms with E-state index in [1.165, 1.54) is 5.56 Å². The van der Waals surface area contributed by atoms with Gasteiger partial charge in [-0.25, -0.2) is 9.97 Å². The molecule has 0 aliphatic carbocycles. The lowest BCUT2D eigenvalue weighted by Gasteiger charge is -2.22. The van der Waals surface area contributed by atoms with Crippen LogP contribution in [0.25, 0.3) is 5.82 Å². The van der Waals surface area contributed by atoms with Crippen LogP contribution in [0.15, 0.2) is 61.3 Å². The predicted octanol–water partition coefficient (Wildman–Crippen LogP) is 2.62. The number of hydrogen-bond donors (Lipinski definition) is 0. The molecule has 1 aliphatic rings. The molecule has 150 valence electrons. The van der Waals surface area contributed by atoms with Gasteiger partial charge in [-0.2, -0.15) is 0 Å². The van der Waals surface area contributed by atoms with Gasteiger partial charge < -0.3 is 9.64 Å². The van der Waals surface area contributed by atoms with Crippen LogP contribution in [0.2, 0.25) is 0 Å². The molecule has 0 N–H and O–H groups in total. The highest BCUT2D eigenvalue weighted by Crippen LogP contribution is 2.15. The fourth-order valence-corrected chi connectivity index (χ4v) is 3.56. The largest absolute Gasteiger partial charge is 0.497 e. The number of carbonyl (C=O) groups excluding carboxylic acids is 1. The van der Waals surface area contributed by atoms with Crippen molar-refractivity contribution in [1.82, 2.24) is 24.3 Å². The Morgan fingerprint density at radius 2 is 1.93 bits per heavy atom. The maximum atomic E-state index is 12.9. The van der Waals surface area contributed by atoms with E-state index in [9.17, 15) is 4.79 Å². The van der Waals surface area contributed by atoms with Crippen molar-refractivity contribution in [3.8, 4) is 11.6 Å². The second-order valence-corrected chi connectivity index (χ2v) is 7.15. The van der Waals surface area contributed by atoms with E-state index in [0.29, 0.717) is 5.56 Å². The van der Waals surface area contributed by atoms with Crippen molar-refractivity contribution in [2.75, 3.05) is 33.3 Å². The van der Waals surface area contributed by atoms with E-state index in [4.69, 9.17) is 4.74 Å². The number of methoxy groups -OCH3 is 1. The van der Waals surface area contributed by atoms with Crippen molar-refractivity contribution < 1.29 is 9.53 Å². The average Bonchev–Trinajstić information content (AvgIpc) is 3.21. The summed E-state index contributed by atoms with van der Waals surface area (Å²) in [6.07, 6.45) is 7.84. The summed E-state index contributed by atoms with van der Waals surface area (Å²) in [6, 6.07) is 11.9. The van der Waals surface area contributed by atoms with Crippen LogP contribution in [0.3, 0.4) is 0 Å². The van der Waals surface area contributed by atoms with E-state index in [-0.39, 0.29) is 5.91 Å². The summed E-state index contributed by atoms with van der Waals surface area (Å²) >= 11 is 0. The highest BCUT2D eigenvalue weighted by atomic mass is 16.5. The maximum absolute atomic E-state index is 12.9. The van der Waals surface area contributed by atoms with Crippen LogP contribution in [-0.2, 0) is 6.54 Å². The zero-order valence-electron chi connectivity index (χ0n) is 16.6. The lowest BCUT2D eigenvalue weighted by atomic mass is 10.2. The molecule has 1 saturated heterocycles. The number of pyridine rings is 1. The highest BCUT2D eigenvalue weighted by Gasteiger charge is 2.20. The maximum Gasteiger partial charge on any atom is 0.255 e. The van der Waals surface area contributed by atoms with Crippen LogP contribution in [-0.4, -0.2) is 63.5 Å². The van der Waals surface area contributed by atoms with Gasteiger partial charge in [-0.1, -0.05) is 12.1 Å². The summed E-state index contributed by atoms with van der Waals surface area (Å²) in [7, 11) is 1.68. The molecule has 29 heavy (non-hydrogen) atoms. The Bertz CT molecular complexity index is 923. The van der Waals surface area contributed by atoms with Crippen molar-refractivity contribution in [2.24, 2.45) is 0 Å². The smallest absolute Gasteiger partial charge is 0.255 e. The van der Waals surface area contributed by atoms with Gasteiger partial charge in [-0.15, -0.1) is 0 Å². The molecule has 1 amide bonds. The number of amides is 1. The van der Waals surface area contributed by atoms with Crippen LogP contribution in [0.4, 0.5) is 0 Å². The van der Waals surface area contributed by atoms with Gasteiger partial charge in [0.25, 0.3) is 5.91 Å². The molecular weight excluding hydrogens is 366 g/mol. The minimum atomic E-state index is 0.0426. The standard InChI is InChI=1S/C22H25N5O2/c1-29-20-6-3-18(4-7-20)16-25-10-2-11-26(14-13-25)22(28)19-5-8-21(24-15-19)27-12-9-23-17-27/h3-9,12,15,17H,2,10-11,13-14,16H2,1H3. The Kier molecular flexibility index (Phi) is 5.86. The molecule has 3 aromatic rings. The SMILES string of the molecule is COc1ccc(CN2CCCN(C(=O)c3ccc(-n4ccnc4)nc3)CC2)cc1. The monoisotopic (exact) mass is 391 g/mol. The Labute approximate surface area is 170 Å². The molecule has 7 nitrogen and oxygen atoms in total. The van der Waals surface area contributed by atoms with Gasteiger partial charge in [0.2, 0.25) is 0 Å². The van der Waals surface area contributed by atoms with Crippen LogP contribution in [0, 0.1) is 0 Å². The third-order valence-electron chi connectivity index (χ3n) is 5.20. The van der Waals surface area contributed by atoms with Gasteiger partial charge in [-0.05, 0) is 36.2 Å². The van der Waals surface area contributed by atoms with Crippen molar-refractivity contribution >= 4 is 5.91 Å². The number of nitrogens with zero attached hydrogens (tertiary/aromatic N) is 5. The first kappa shape index (κ1) is 19.1. The molecule has 0 spiro atoms. The van der Waals surface area contributed by atoms with Gasteiger partial charge in [0, 0.05) is 51.3 Å². The molecular formula is C22H25N5O2. The Morgan fingerprint density at radius 3 is 2.62 bits per heavy atom. The van der Waals surface area contributed by atoms with Crippen molar-refractivity contribution in [1.29, 1.82) is 0 Å². The molecule has 1 fully saturated rings. The van der Waals surface area contributed by atoms with Gasteiger partial charge in [-0.3, -0.25) is 14.3 Å². The third kappa shape index (κ3) is 4.63. The molecule has 1 aliphatic heterocycles. The Morgan fingerprint density at radius 1 is 1.07 bits per heavy atom. The number of hydrogen-bond acceptors (Lipinski definition) is 5. The second-order valence-electron chi connectivity index (χ2n) is 7.15. The molecule has 0 saturated carbocycles. The number of rotatable bonds is 5. The first-order chi connectivity index (χ1) is 14.2. The van der Waals surface area contributed by atoms with Gasteiger partial charge in [0.05, 0.1) is 12.7 Å². The zero-order chi connectivity index (χ0) is 20.1. The number of benzene rings is 1. The molecule has 4 rings (SSSR count). The van der Waals surface area contributed by atoms with Crippen molar-refractivity contribution in [3.63, 3.8) is 0 Å². The molecule has 0 atom stereocenters. The van der Waals surface area contributed by atoms with E-state index in [2.05, 4.69) is 27.0 Å². The first-order valence-corrected chi connectivity index (χ1v) is 9.82. The topological polar surface area (TPSA) is 63.5 Å². The number of imidazole rings is 1. The number of aromatic nitrogens is 3. The van der Waals surface area contributed by atoms with Crippen LogP contribution < -0.4 is 4.74 Å². The highest BCUT2D eigenvalue weighted by molar-refractivity contribution is 5.94. The third-order valence-corrected chi connectivity index (χ3v) is 5.20. The quantitative estimate of drug-likeness (QED) is 0.669. The van der Waals surface area contributed by atoms with E-state index in [0.717, 1.165) is 50.7 Å². The lowest BCUT2D eigenvalue weighted by Crippen LogP contribution is -2.35. The summed E-state index contributed by atoms with van der Waals surface area (Å²) in [5, 5.41) is 0. The van der Waals surface area contributed by atoms with Crippen LogP contribution in [0.5, 0.6) is 5.75 Å². The van der Waals surface area contributed by atoms with E-state index < -0.39 is 0 Å². The fourth-order valence-electron chi connectivity index (χ4n) is 3.56. The van der Waals surface area contributed by atoms with Gasteiger partial charge in [0.1, 0.15) is 17.9 Å². The normalized spacial score (nSPS) is 15.1. The summed E-state index contributed by atoms with van der Waals surface area (Å²) in [5.74, 6) is 1.66. The summed E-state index contributed by atoms with van der Waals surface area (Å²) in [4.78, 5) is 25.7. The lowest BCUT2D eigenvalue weighted by molar-refractivity contribution is 0.0760. The Hall–Kier alpha value is -3.19. The molecule has 1 aromatic carbocycles. The van der Waals surface area contributed by atoms with Crippen molar-refractivity contribution in [3.05, 3.63) is 72.4 Å². The molecule has 0 bridgehead atoms. The first-order valence-electron chi connectivity index (χ1n) is 9.82. The van der Waals surface area contributed by atoms with E-state index in [1.54, 1.807) is 25.8 Å². The summed E-state index contributed by atoms with van der Waals surface area (Å²) in [6.45, 7) is 4.21. The summed E-state index contributed by atoms with van der Waals surface area (Å²) in [5.41, 5.74) is 1.88. The average molecular weight is 391 g/mol. The fraction of sp³-hybridized carbons (Fsp3) is 0.318. The molecule has 7 heteroatoms. The number of ether oxygens (including phenoxy) is 1. The van der Waals surface area contributed by atoms with E-state index in [1.807, 2.05) is 39.9 Å². The van der Waals surface area contributed by atoms with Gasteiger partial charge in [0.15, 0.2) is 0 Å². The minimum absolute atomic E-state index is 0.0426.